The van der Waals surface area contributed by atoms with Gasteiger partial charge in [0.15, 0.2) is 0 Å². The molecule has 0 aromatic carbocycles. The summed E-state index contributed by atoms with van der Waals surface area (Å²) in [5.74, 6) is -0.709. The van der Waals surface area contributed by atoms with Gasteiger partial charge in [-0.05, 0) is 18.1 Å². The van der Waals surface area contributed by atoms with Crippen LogP contribution in [0.1, 0.15) is 24.3 Å². The van der Waals surface area contributed by atoms with Crippen LogP contribution in [0.3, 0.4) is 0 Å². The Hall–Kier alpha value is -1.78. The fourth-order valence-electron chi connectivity index (χ4n) is 1.66. The Morgan fingerprint density at radius 3 is 2.65 bits per heavy atom. The average molecular weight is 238 g/mol. The van der Waals surface area contributed by atoms with E-state index in [0.29, 0.717) is 12.5 Å². The number of nitrogens with zero attached hydrogens (tertiary/aromatic N) is 2. The average Bonchev–Trinajstić information content (AvgIpc) is 2.64. The van der Waals surface area contributed by atoms with Crippen LogP contribution >= 0.6 is 0 Å². The van der Waals surface area contributed by atoms with Crippen molar-refractivity contribution in [2.75, 3.05) is 13.6 Å². The highest BCUT2D eigenvalue weighted by Gasteiger charge is 2.14. The van der Waals surface area contributed by atoms with E-state index in [2.05, 4.69) is 0 Å². The van der Waals surface area contributed by atoms with Gasteiger partial charge in [0.2, 0.25) is 5.91 Å². The SMILES string of the molecule is CC(C)CN(C)C(=O)Cn1cccc1C(=O)O. The zero-order chi connectivity index (χ0) is 13.0. The van der Waals surface area contributed by atoms with Gasteiger partial charge < -0.3 is 14.6 Å². The van der Waals surface area contributed by atoms with Crippen molar-refractivity contribution < 1.29 is 14.7 Å². The van der Waals surface area contributed by atoms with Crippen molar-refractivity contribution in [3.63, 3.8) is 0 Å². The van der Waals surface area contributed by atoms with Crippen molar-refractivity contribution in [1.29, 1.82) is 0 Å². The van der Waals surface area contributed by atoms with Gasteiger partial charge in [0.1, 0.15) is 12.2 Å². The van der Waals surface area contributed by atoms with E-state index in [1.165, 1.54) is 10.6 Å². The molecule has 0 bridgehead atoms. The molecule has 0 radical (unpaired) electrons. The number of carbonyl (C=O) groups excluding carboxylic acids is 1. The first-order valence-electron chi connectivity index (χ1n) is 5.54. The molecule has 1 heterocycles. The first kappa shape index (κ1) is 13.3. The van der Waals surface area contributed by atoms with Gasteiger partial charge in [-0.1, -0.05) is 13.8 Å². The van der Waals surface area contributed by atoms with E-state index in [1.807, 2.05) is 13.8 Å². The molecule has 17 heavy (non-hydrogen) atoms. The number of aromatic nitrogens is 1. The second-order valence-electron chi connectivity index (χ2n) is 4.49. The van der Waals surface area contributed by atoms with Crippen molar-refractivity contribution in [3.05, 3.63) is 24.0 Å². The molecule has 0 atom stereocenters. The molecule has 1 aromatic rings. The maximum Gasteiger partial charge on any atom is 0.352 e. The molecule has 1 rings (SSSR count). The number of amides is 1. The predicted octanol–water partition coefficient (Wildman–Crippen LogP) is 1.30. The van der Waals surface area contributed by atoms with Gasteiger partial charge in [-0.25, -0.2) is 4.79 Å². The van der Waals surface area contributed by atoms with Crippen LogP contribution in [0, 0.1) is 5.92 Å². The minimum Gasteiger partial charge on any atom is -0.477 e. The molecule has 0 saturated heterocycles. The minimum atomic E-state index is -1.02. The number of hydrogen-bond donors (Lipinski definition) is 1. The lowest BCUT2D eigenvalue weighted by Crippen LogP contribution is -2.33. The second-order valence-corrected chi connectivity index (χ2v) is 4.49. The Bertz CT molecular complexity index is 410. The fraction of sp³-hybridized carbons (Fsp3) is 0.500. The number of carboxylic acid groups (broad SMARTS) is 1. The number of carboxylic acids is 1. The lowest BCUT2D eigenvalue weighted by molar-refractivity contribution is -0.131. The summed E-state index contributed by atoms with van der Waals surface area (Å²) in [7, 11) is 1.73. The zero-order valence-corrected chi connectivity index (χ0v) is 10.4. The number of rotatable bonds is 5. The monoisotopic (exact) mass is 238 g/mol. The highest BCUT2D eigenvalue weighted by Crippen LogP contribution is 2.04. The largest absolute Gasteiger partial charge is 0.477 e. The summed E-state index contributed by atoms with van der Waals surface area (Å²) >= 11 is 0. The van der Waals surface area contributed by atoms with E-state index in [9.17, 15) is 9.59 Å². The summed E-state index contributed by atoms with van der Waals surface area (Å²) in [6.07, 6.45) is 1.60. The zero-order valence-electron chi connectivity index (χ0n) is 10.4. The van der Waals surface area contributed by atoms with Gasteiger partial charge in [0.25, 0.3) is 0 Å². The van der Waals surface area contributed by atoms with E-state index in [1.54, 1.807) is 24.2 Å². The van der Waals surface area contributed by atoms with Crippen LogP contribution in [0.25, 0.3) is 0 Å². The third kappa shape index (κ3) is 3.62. The van der Waals surface area contributed by atoms with Crippen molar-refractivity contribution in [2.45, 2.75) is 20.4 Å². The van der Waals surface area contributed by atoms with Crippen molar-refractivity contribution in [1.82, 2.24) is 9.47 Å². The first-order valence-corrected chi connectivity index (χ1v) is 5.54. The quantitative estimate of drug-likeness (QED) is 0.841. The molecule has 1 aromatic heterocycles. The van der Waals surface area contributed by atoms with Crippen LogP contribution in [0.4, 0.5) is 0 Å². The third-order valence-electron chi connectivity index (χ3n) is 2.42. The highest BCUT2D eigenvalue weighted by molar-refractivity contribution is 5.86. The molecule has 0 aliphatic carbocycles. The number of likely N-dealkylation sites (N-methyl/N-ethyl adjacent to an activating group) is 1. The molecule has 94 valence electrons. The minimum absolute atomic E-state index is 0.0673. The topological polar surface area (TPSA) is 62.5 Å². The van der Waals surface area contributed by atoms with Crippen LogP contribution in [0.5, 0.6) is 0 Å². The molecule has 0 saturated carbocycles. The molecule has 1 amide bonds. The van der Waals surface area contributed by atoms with Crippen molar-refractivity contribution in [3.8, 4) is 0 Å². The van der Waals surface area contributed by atoms with Crippen LogP contribution in [0.2, 0.25) is 0 Å². The molecule has 0 aliphatic heterocycles. The standard InChI is InChI=1S/C12H18N2O3/c1-9(2)7-13(3)11(15)8-14-6-4-5-10(14)12(16)17/h4-6,9H,7-8H2,1-3H3,(H,16,17). The molecule has 5 nitrogen and oxygen atoms in total. The van der Waals surface area contributed by atoms with Crippen molar-refractivity contribution >= 4 is 11.9 Å². The van der Waals surface area contributed by atoms with Crippen LogP contribution in [-0.2, 0) is 11.3 Å². The summed E-state index contributed by atoms with van der Waals surface area (Å²) < 4.78 is 1.45. The highest BCUT2D eigenvalue weighted by atomic mass is 16.4. The molecule has 5 heteroatoms. The van der Waals surface area contributed by atoms with E-state index in [4.69, 9.17) is 5.11 Å². The number of carbonyl (C=O) groups is 2. The predicted molar refractivity (Wildman–Crippen MR) is 63.9 cm³/mol. The molecule has 0 aliphatic rings. The van der Waals surface area contributed by atoms with E-state index in [0.717, 1.165) is 0 Å². The Balaban J connectivity index is 2.68. The molecule has 1 N–H and O–H groups in total. The summed E-state index contributed by atoms with van der Waals surface area (Å²) in [6.45, 7) is 4.80. The van der Waals surface area contributed by atoms with E-state index in [-0.39, 0.29) is 18.1 Å². The molecule has 0 unspecified atom stereocenters. The summed E-state index contributed by atoms with van der Waals surface area (Å²) in [5, 5.41) is 8.91. The lowest BCUT2D eigenvalue weighted by atomic mass is 10.2. The van der Waals surface area contributed by atoms with Gasteiger partial charge in [0.05, 0.1) is 0 Å². The number of hydrogen-bond acceptors (Lipinski definition) is 2. The van der Waals surface area contributed by atoms with Gasteiger partial charge in [-0.3, -0.25) is 4.79 Å². The van der Waals surface area contributed by atoms with E-state index >= 15 is 0 Å². The maximum absolute atomic E-state index is 11.8. The molecular weight excluding hydrogens is 220 g/mol. The number of aromatic carboxylic acids is 1. The smallest absolute Gasteiger partial charge is 0.352 e. The molecule has 0 spiro atoms. The molecule has 0 fully saturated rings. The van der Waals surface area contributed by atoms with Crippen LogP contribution in [-0.4, -0.2) is 40.0 Å². The Morgan fingerprint density at radius 2 is 2.12 bits per heavy atom. The summed E-state index contributed by atoms with van der Waals surface area (Å²) in [5.41, 5.74) is 0.135. The van der Waals surface area contributed by atoms with Gasteiger partial charge in [-0.15, -0.1) is 0 Å². The third-order valence-corrected chi connectivity index (χ3v) is 2.42. The van der Waals surface area contributed by atoms with E-state index < -0.39 is 5.97 Å². The molecular formula is C12H18N2O3. The lowest BCUT2D eigenvalue weighted by Gasteiger charge is -2.20. The normalized spacial score (nSPS) is 10.6. The Kier molecular flexibility index (Phi) is 4.31. The van der Waals surface area contributed by atoms with Gasteiger partial charge >= 0.3 is 5.97 Å². The van der Waals surface area contributed by atoms with Gasteiger partial charge in [-0.2, -0.15) is 0 Å². The first-order chi connectivity index (χ1) is 7.91. The second kappa shape index (κ2) is 5.52. The van der Waals surface area contributed by atoms with Crippen LogP contribution in [0.15, 0.2) is 18.3 Å². The van der Waals surface area contributed by atoms with Gasteiger partial charge in [0, 0.05) is 19.8 Å². The summed E-state index contributed by atoms with van der Waals surface area (Å²) in [4.78, 5) is 24.3. The Labute approximate surface area is 101 Å². The maximum atomic E-state index is 11.8. The summed E-state index contributed by atoms with van der Waals surface area (Å²) in [6, 6.07) is 3.11. The fourth-order valence-corrected chi connectivity index (χ4v) is 1.66. The van der Waals surface area contributed by atoms with Crippen LogP contribution < -0.4 is 0 Å². The van der Waals surface area contributed by atoms with Crippen molar-refractivity contribution in [2.24, 2.45) is 5.92 Å². The Morgan fingerprint density at radius 1 is 1.47 bits per heavy atom.